The highest BCUT2D eigenvalue weighted by Gasteiger charge is 2.45. The van der Waals surface area contributed by atoms with Crippen LogP contribution < -0.4 is 10.5 Å². The predicted octanol–water partition coefficient (Wildman–Crippen LogP) is 2.74. The Kier molecular flexibility index (Phi) is 4.06. The summed E-state index contributed by atoms with van der Waals surface area (Å²) in [5, 5.41) is 0. The van der Waals surface area contributed by atoms with Gasteiger partial charge < -0.3 is 5.73 Å². The van der Waals surface area contributed by atoms with Crippen LogP contribution in [0.15, 0.2) is 11.0 Å². The quantitative estimate of drug-likeness (QED) is 0.821. The smallest absolute Gasteiger partial charge is 0.241 e. The van der Waals surface area contributed by atoms with Gasteiger partial charge in [-0.3, -0.25) is 0 Å². The number of nitrogens with two attached hydrogens (primary N) is 1. The number of halogens is 1. The maximum absolute atomic E-state index is 13.6. The first-order chi connectivity index (χ1) is 9.61. The van der Waals surface area contributed by atoms with Gasteiger partial charge in [0.1, 0.15) is 5.82 Å². The Morgan fingerprint density at radius 2 is 1.95 bits per heavy atom. The Hall–Kier alpha value is -1.14. The zero-order chi connectivity index (χ0) is 16.0. The summed E-state index contributed by atoms with van der Waals surface area (Å²) < 4.78 is 41.3. The van der Waals surface area contributed by atoms with Gasteiger partial charge in [-0.2, -0.15) is 0 Å². The van der Waals surface area contributed by atoms with Crippen LogP contribution in [0.2, 0.25) is 0 Å². The Labute approximate surface area is 126 Å². The Bertz CT molecular complexity index is 665. The van der Waals surface area contributed by atoms with Crippen molar-refractivity contribution in [1.29, 1.82) is 0 Å². The highest BCUT2D eigenvalue weighted by atomic mass is 32.2. The molecule has 0 spiro atoms. The van der Waals surface area contributed by atoms with Crippen LogP contribution in [0, 0.1) is 31.0 Å². The van der Waals surface area contributed by atoms with Gasteiger partial charge in [-0.05, 0) is 55.2 Å². The first-order valence-corrected chi connectivity index (χ1v) is 8.64. The molecule has 1 fully saturated rings. The molecule has 0 amide bonds. The second-order valence-corrected chi connectivity index (χ2v) is 8.09. The molecule has 1 aliphatic rings. The maximum Gasteiger partial charge on any atom is 0.241 e. The van der Waals surface area contributed by atoms with E-state index >= 15 is 0 Å². The van der Waals surface area contributed by atoms with E-state index in [1.54, 1.807) is 6.92 Å². The van der Waals surface area contributed by atoms with E-state index in [1.165, 1.54) is 13.0 Å². The summed E-state index contributed by atoms with van der Waals surface area (Å²) >= 11 is 0. The topological polar surface area (TPSA) is 72.2 Å². The third kappa shape index (κ3) is 2.92. The number of sulfonamides is 1. The number of benzene rings is 1. The first kappa shape index (κ1) is 16.2. The summed E-state index contributed by atoms with van der Waals surface area (Å²) in [5.74, 6) is -0.148. The number of rotatable bonds is 5. The van der Waals surface area contributed by atoms with Crippen LogP contribution in [0.5, 0.6) is 0 Å². The molecule has 0 heterocycles. The van der Waals surface area contributed by atoms with Crippen LogP contribution >= 0.6 is 0 Å². The fraction of sp³-hybridized carbons (Fsp3) is 0.600. The normalized spacial score (nSPS) is 17.2. The fourth-order valence-electron chi connectivity index (χ4n) is 2.77. The lowest BCUT2D eigenvalue weighted by Crippen LogP contribution is -2.33. The number of aryl methyl sites for hydroxylation is 1. The third-order valence-corrected chi connectivity index (χ3v) is 6.39. The molecule has 0 aliphatic heterocycles. The lowest BCUT2D eigenvalue weighted by Gasteiger charge is -2.21. The Morgan fingerprint density at radius 1 is 1.38 bits per heavy atom. The van der Waals surface area contributed by atoms with E-state index in [0.29, 0.717) is 18.0 Å². The van der Waals surface area contributed by atoms with Gasteiger partial charge in [-0.1, -0.05) is 13.8 Å². The monoisotopic (exact) mass is 314 g/mol. The van der Waals surface area contributed by atoms with E-state index in [2.05, 4.69) is 18.6 Å². The molecule has 0 unspecified atom stereocenters. The molecule has 0 bridgehead atoms. The Balaban J connectivity index is 2.31. The summed E-state index contributed by atoms with van der Waals surface area (Å²) in [6.07, 6.45) is 2.08. The molecule has 1 aromatic carbocycles. The number of nitrogen functional groups attached to an aromatic ring is 1. The number of hydrogen-bond acceptors (Lipinski definition) is 3. The van der Waals surface area contributed by atoms with Crippen molar-refractivity contribution in [1.82, 2.24) is 4.72 Å². The average molecular weight is 314 g/mol. The van der Waals surface area contributed by atoms with Gasteiger partial charge in [0, 0.05) is 6.54 Å². The molecule has 0 atom stereocenters. The van der Waals surface area contributed by atoms with E-state index in [4.69, 9.17) is 5.73 Å². The summed E-state index contributed by atoms with van der Waals surface area (Å²) in [5.41, 5.74) is 6.24. The predicted molar refractivity (Wildman–Crippen MR) is 82.0 cm³/mol. The van der Waals surface area contributed by atoms with Crippen LogP contribution in [-0.4, -0.2) is 15.0 Å². The number of hydrogen-bond donors (Lipinski definition) is 2. The second kappa shape index (κ2) is 5.25. The van der Waals surface area contributed by atoms with Gasteiger partial charge in [0.15, 0.2) is 0 Å². The lowest BCUT2D eigenvalue weighted by molar-refractivity contribution is 0.357. The van der Waals surface area contributed by atoms with Gasteiger partial charge in [-0.15, -0.1) is 0 Å². The van der Waals surface area contributed by atoms with Crippen molar-refractivity contribution in [2.24, 2.45) is 11.3 Å². The SMILES string of the molecule is Cc1cc(F)c(N)c(C)c1S(=O)(=O)NCC1(C(C)C)CC1. The molecule has 21 heavy (non-hydrogen) atoms. The van der Waals surface area contributed by atoms with Crippen molar-refractivity contribution < 1.29 is 12.8 Å². The molecule has 2 rings (SSSR count). The van der Waals surface area contributed by atoms with Gasteiger partial charge in [0.05, 0.1) is 10.6 Å². The van der Waals surface area contributed by atoms with Gasteiger partial charge >= 0.3 is 0 Å². The first-order valence-electron chi connectivity index (χ1n) is 7.15. The fourth-order valence-corrected chi connectivity index (χ4v) is 4.39. The molecule has 118 valence electrons. The minimum absolute atomic E-state index is 0.0699. The molecule has 0 saturated heterocycles. The molecule has 0 aromatic heterocycles. The molecule has 6 heteroatoms. The van der Waals surface area contributed by atoms with E-state index in [1.807, 2.05) is 0 Å². The molecule has 1 aromatic rings. The maximum atomic E-state index is 13.6. The largest absolute Gasteiger partial charge is 0.396 e. The van der Waals surface area contributed by atoms with Crippen LogP contribution in [0.1, 0.15) is 37.8 Å². The molecule has 1 aliphatic carbocycles. The third-order valence-electron chi connectivity index (χ3n) is 4.70. The van der Waals surface area contributed by atoms with E-state index < -0.39 is 15.8 Å². The molecule has 3 N–H and O–H groups in total. The van der Waals surface area contributed by atoms with Crippen molar-refractivity contribution in [3.05, 3.63) is 23.0 Å². The minimum Gasteiger partial charge on any atom is -0.396 e. The van der Waals surface area contributed by atoms with Crippen molar-refractivity contribution in [3.8, 4) is 0 Å². The highest BCUT2D eigenvalue weighted by Crippen LogP contribution is 2.51. The molecular formula is C15H23FN2O2S. The van der Waals surface area contributed by atoms with Crippen molar-refractivity contribution >= 4 is 15.7 Å². The van der Waals surface area contributed by atoms with E-state index in [0.717, 1.165) is 12.8 Å². The summed E-state index contributed by atoms with van der Waals surface area (Å²) in [6, 6.07) is 1.17. The zero-order valence-corrected chi connectivity index (χ0v) is 13.8. The summed E-state index contributed by atoms with van der Waals surface area (Å²) in [7, 11) is -3.68. The summed E-state index contributed by atoms with van der Waals surface area (Å²) in [6.45, 7) is 7.75. The van der Waals surface area contributed by atoms with Gasteiger partial charge in [0.2, 0.25) is 10.0 Å². The molecular weight excluding hydrogens is 291 g/mol. The highest BCUT2D eigenvalue weighted by molar-refractivity contribution is 7.89. The second-order valence-electron chi connectivity index (χ2n) is 6.38. The van der Waals surface area contributed by atoms with Gasteiger partial charge in [0.25, 0.3) is 0 Å². The Morgan fingerprint density at radius 3 is 2.43 bits per heavy atom. The van der Waals surface area contributed by atoms with E-state index in [-0.39, 0.29) is 21.6 Å². The van der Waals surface area contributed by atoms with Crippen LogP contribution in [-0.2, 0) is 10.0 Å². The molecule has 1 saturated carbocycles. The minimum atomic E-state index is -3.68. The van der Waals surface area contributed by atoms with Crippen molar-refractivity contribution in [2.45, 2.75) is 45.4 Å². The van der Waals surface area contributed by atoms with Crippen LogP contribution in [0.3, 0.4) is 0 Å². The van der Waals surface area contributed by atoms with Crippen molar-refractivity contribution in [3.63, 3.8) is 0 Å². The molecule has 4 nitrogen and oxygen atoms in total. The van der Waals surface area contributed by atoms with Crippen LogP contribution in [0.25, 0.3) is 0 Å². The number of nitrogens with one attached hydrogen (secondary N) is 1. The zero-order valence-electron chi connectivity index (χ0n) is 13.0. The average Bonchev–Trinajstić information content (AvgIpc) is 3.14. The van der Waals surface area contributed by atoms with Gasteiger partial charge in [-0.25, -0.2) is 17.5 Å². The summed E-state index contributed by atoms with van der Waals surface area (Å²) in [4.78, 5) is 0.0981. The lowest BCUT2D eigenvalue weighted by atomic mass is 9.93. The van der Waals surface area contributed by atoms with Crippen LogP contribution in [0.4, 0.5) is 10.1 Å². The standard InChI is InChI=1S/C15H23FN2O2S/c1-9(2)15(5-6-15)8-18-21(19,20)14-10(3)7-12(16)13(17)11(14)4/h7,9,18H,5-6,8,17H2,1-4H3. The molecule has 0 radical (unpaired) electrons. The van der Waals surface area contributed by atoms with E-state index in [9.17, 15) is 12.8 Å². The number of anilines is 1. The van der Waals surface area contributed by atoms with Crippen molar-refractivity contribution in [2.75, 3.05) is 12.3 Å².